The SMILES string of the molecule is Cc1ccc(N2CC(C(=O)N3CCN(CCn4ccnc4C(C)C)CC3)CC2=O)cc1. The van der Waals surface area contributed by atoms with Crippen LogP contribution in [-0.2, 0) is 16.1 Å². The summed E-state index contributed by atoms with van der Waals surface area (Å²) in [4.78, 5) is 36.2. The summed E-state index contributed by atoms with van der Waals surface area (Å²) in [5.41, 5.74) is 2.05. The molecule has 0 N–H and O–H groups in total. The first kappa shape index (κ1) is 21.6. The van der Waals surface area contributed by atoms with Crippen molar-refractivity contribution in [2.45, 2.75) is 39.7 Å². The summed E-state index contributed by atoms with van der Waals surface area (Å²) < 4.78 is 2.23. The topological polar surface area (TPSA) is 61.7 Å². The number of nitrogens with zero attached hydrogens (tertiary/aromatic N) is 5. The maximum absolute atomic E-state index is 13.1. The minimum absolute atomic E-state index is 0.0436. The fourth-order valence-electron chi connectivity index (χ4n) is 4.56. The van der Waals surface area contributed by atoms with Crippen LogP contribution in [0.4, 0.5) is 5.69 Å². The largest absolute Gasteiger partial charge is 0.340 e. The fourth-order valence-corrected chi connectivity index (χ4v) is 4.56. The van der Waals surface area contributed by atoms with E-state index in [0.29, 0.717) is 18.9 Å². The van der Waals surface area contributed by atoms with Crippen molar-refractivity contribution in [2.24, 2.45) is 5.92 Å². The van der Waals surface area contributed by atoms with Crippen LogP contribution >= 0.6 is 0 Å². The zero-order valence-corrected chi connectivity index (χ0v) is 18.8. The van der Waals surface area contributed by atoms with Gasteiger partial charge in [0.25, 0.3) is 0 Å². The van der Waals surface area contributed by atoms with Gasteiger partial charge in [-0.05, 0) is 19.1 Å². The van der Waals surface area contributed by atoms with E-state index in [1.54, 1.807) is 4.90 Å². The molecule has 0 saturated carbocycles. The van der Waals surface area contributed by atoms with Crippen LogP contribution in [0.2, 0.25) is 0 Å². The smallest absolute Gasteiger partial charge is 0.228 e. The Kier molecular flexibility index (Phi) is 6.41. The third kappa shape index (κ3) is 4.82. The van der Waals surface area contributed by atoms with Gasteiger partial charge in [-0.3, -0.25) is 14.5 Å². The molecule has 7 nitrogen and oxygen atoms in total. The number of carbonyl (C=O) groups is 2. The predicted molar refractivity (Wildman–Crippen MR) is 121 cm³/mol. The lowest BCUT2D eigenvalue weighted by molar-refractivity contribution is -0.137. The molecule has 2 aliphatic heterocycles. The summed E-state index contributed by atoms with van der Waals surface area (Å²) in [7, 11) is 0. The summed E-state index contributed by atoms with van der Waals surface area (Å²) in [5.74, 6) is 1.47. The molecule has 1 aromatic carbocycles. The Hall–Kier alpha value is -2.67. The highest BCUT2D eigenvalue weighted by Gasteiger charge is 2.37. The van der Waals surface area contributed by atoms with Crippen LogP contribution in [-0.4, -0.2) is 70.4 Å². The molecular weight excluding hydrogens is 390 g/mol. The Labute approximate surface area is 184 Å². The first-order valence-corrected chi connectivity index (χ1v) is 11.3. The van der Waals surface area contributed by atoms with E-state index >= 15 is 0 Å². The number of amides is 2. The normalized spacial score (nSPS) is 20.1. The van der Waals surface area contributed by atoms with Crippen molar-refractivity contribution < 1.29 is 9.59 Å². The number of imidazole rings is 1. The second-order valence-corrected chi connectivity index (χ2v) is 9.04. The maximum Gasteiger partial charge on any atom is 0.228 e. The van der Waals surface area contributed by atoms with Crippen molar-refractivity contribution in [3.8, 4) is 0 Å². The molecule has 2 saturated heterocycles. The van der Waals surface area contributed by atoms with E-state index in [4.69, 9.17) is 0 Å². The first-order chi connectivity index (χ1) is 14.9. The third-order valence-electron chi connectivity index (χ3n) is 6.43. The molecule has 0 spiro atoms. The highest BCUT2D eigenvalue weighted by atomic mass is 16.2. The molecule has 166 valence electrons. The number of piperazine rings is 1. The molecule has 0 bridgehead atoms. The van der Waals surface area contributed by atoms with Gasteiger partial charge < -0.3 is 14.4 Å². The molecule has 1 atom stereocenters. The van der Waals surface area contributed by atoms with Crippen LogP contribution in [0.1, 0.15) is 37.6 Å². The number of hydrogen-bond acceptors (Lipinski definition) is 4. The molecule has 0 aliphatic carbocycles. The zero-order valence-electron chi connectivity index (χ0n) is 18.8. The van der Waals surface area contributed by atoms with Crippen molar-refractivity contribution >= 4 is 17.5 Å². The zero-order chi connectivity index (χ0) is 22.0. The minimum Gasteiger partial charge on any atom is -0.340 e. The van der Waals surface area contributed by atoms with Gasteiger partial charge >= 0.3 is 0 Å². The number of benzene rings is 1. The van der Waals surface area contributed by atoms with Gasteiger partial charge in [0.1, 0.15) is 5.82 Å². The quantitative estimate of drug-likeness (QED) is 0.716. The van der Waals surface area contributed by atoms with E-state index < -0.39 is 0 Å². The second-order valence-electron chi connectivity index (χ2n) is 9.04. The van der Waals surface area contributed by atoms with E-state index in [0.717, 1.165) is 56.3 Å². The van der Waals surface area contributed by atoms with Crippen molar-refractivity contribution in [1.82, 2.24) is 19.4 Å². The Morgan fingerprint density at radius 1 is 1.10 bits per heavy atom. The molecule has 3 heterocycles. The molecule has 4 rings (SSSR count). The van der Waals surface area contributed by atoms with E-state index in [2.05, 4.69) is 28.3 Å². The van der Waals surface area contributed by atoms with Crippen LogP contribution in [0.5, 0.6) is 0 Å². The average molecular weight is 424 g/mol. The number of aromatic nitrogens is 2. The standard InChI is InChI=1S/C24H33N5O2/c1-18(2)23-25-8-9-27(23)13-10-26-11-14-28(15-12-26)24(31)20-16-22(30)29(17-20)21-6-4-19(3)5-7-21/h4-9,18,20H,10-17H2,1-3H3. The lowest BCUT2D eigenvalue weighted by Crippen LogP contribution is -2.51. The van der Waals surface area contributed by atoms with Gasteiger partial charge in [-0.15, -0.1) is 0 Å². The Balaban J connectivity index is 1.27. The van der Waals surface area contributed by atoms with Crippen molar-refractivity contribution in [1.29, 1.82) is 0 Å². The van der Waals surface area contributed by atoms with Gasteiger partial charge in [-0.1, -0.05) is 31.5 Å². The molecule has 7 heteroatoms. The molecule has 1 aromatic heterocycles. The molecule has 2 amide bonds. The molecule has 2 fully saturated rings. The molecule has 2 aromatic rings. The van der Waals surface area contributed by atoms with Gasteiger partial charge in [0, 0.05) is 76.2 Å². The Morgan fingerprint density at radius 2 is 1.81 bits per heavy atom. The number of hydrogen-bond donors (Lipinski definition) is 0. The van der Waals surface area contributed by atoms with Crippen LogP contribution < -0.4 is 4.90 Å². The van der Waals surface area contributed by atoms with E-state index in [1.807, 2.05) is 48.5 Å². The van der Waals surface area contributed by atoms with Crippen LogP contribution in [0.15, 0.2) is 36.7 Å². The van der Waals surface area contributed by atoms with Gasteiger partial charge in [0.05, 0.1) is 5.92 Å². The van der Waals surface area contributed by atoms with Gasteiger partial charge in [-0.25, -0.2) is 4.98 Å². The lowest BCUT2D eigenvalue weighted by Gasteiger charge is -2.36. The highest BCUT2D eigenvalue weighted by Crippen LogP contribution is 2.27. The maximum atomic E-state index is 13.1. The molecule has 2 aliphatic rings. The number of carbonyl (C=O) groups excluding carboxylic acids is 2. The Morgan fingerprint density at radius 3 is 2.48 bits per heavy atom. The number of aryl methyl sites for hydroxylation is 1. The molecule has 31 heavy (non-hydrogen) atoms. The second kappa shape index (κ2) is 9.22. The van der Waals surface area contributed by atoms with E-state index in [9.17, 15) is 9.59 Å². The molecule has 0 radical (unpaired) electrons. The highest BCUT2D eigenvalue weighted by molar-refractivity contribution is 6.00. The van der Waals surface area contributed by atoms with Crippen LogP contribution in [0.25, 0.3) is 0 Å². The monoisotopic (exact) mass is 423 g/mol. The van der Waals surface area contributed by atoms with Crippen molar-refractivity contribution in [2.75, 3.05) is 44.2 Å². The Bertz CT molecular complexity index is 912. The van der Waals surface area contributed by atoms with Gasteiger partial charge in [0.15, 0.2) is 0 Å². The minimum atomic E-state index is -0.236. The summed E-state index contributed by atoms with van der Waals surface area (Å²) in [6.45, 7) is 11.9. The number of anilines is 1. The summed E-state index contributed by atoms with van der Waals surface area (Å²) >= 11 is 0. The van der Waals surface area contributed by atoms with Crippen molar-refractivity contribution in [3.63, 3.8) is 0 Å². The van der Waals surface area contributed by atoms with Gasteiger partial charge in [-0.2, -0.15) is 0 Å². The van der Waals surface area contributed by atoms with Gasteiger partial charge in [0.2, 0.25) is 11.8 Å². The number of rotatable bonds is 6. The van der Waals surface area contributed by atoms with E-state index in [-0.39, 0.29) is 17.7 Å². The lowest BCUT2D eigenvalue weighted by atomic mass is 10.1. The predicted octanol–water partition coefficient (Wildman–Crippen LogP) is 2.51. The summed E-state index contributed by atoms with van der Waals surface area (Å²) in [5, 5.41) is 0. The summed E-state index contributed by atoms with van der Waals surface area (Å²) in [6, 6.07) is 7.93. The van der Waals surface area contributed by atoms with Crippen molar-refractivity contribution in [3.05, 3.63) is 48.0 Å². The molecular formula is C24H33N5O2. The van der Waals surface area contributed by atoms with Crippen LogP contribution in [0.3, 0.4) is 0 Å². The average Bonchev–Trinajstić information content (AvgIpc) is 3.39. The first-order valence-electron chi connectivity index (χ1n) is 11.3. The fraction of sp³-hybridized carbons (Fsp3) is 0.542. The summed E-state index contributed by atoms with van der Waals surface area (Å²) in [6.07, 6.45) is 4.23. The third-order valence-corrected chi connectivity index (χ3v) is 6.43. The van der Waals surface area contributed by atoms with E-state index in [1.165, 1.54) is 0 Å². The van der Waals surface area contributed by atoms with Crippen LogP contribution in [0, 0.1) is 12.8 Å². The molecule has 1 unspecified atom stereocenters.